The smallest absolute Gasteiger partial charge is 0.240 e. The monoisotopic (exact) mass is 378 g/mol. The number of carbonyl (C=O) groups excluding carboxylic acids is 1. The van der Waals surface area contributed by atoms with Gasteiger partial charge in [0.05, 0.1) is 9.37 Å². The molecule has 1 aromatic carbocycles. The fraction of sp³-hybridized carbons (Fsp3) is 0.462. The van der Waals surface area contributed by atoms with Crippen LogP contribution in [0.4, 0.5) is 4.39 Å². The van der Waals surface area contributed by atoms with Gasteiger partial charge in [-0.15, -0.1) is 0 Å². The fourth-order valence-electron chi connectivity index (χ4n) is 2.14. The molecule has 1 saturated heterocycles. The minimum atomic E-state index is -3.80. The summed E-state index contributed by atoms with van der Waals surface area (Å²) in [5.41, 5.74) is 0. The zero-order valence-electron chi connectivity index (χ0n) is 11.3. The zero-order valence-corrected chi connectivity index (χ0v) is 13.7. The lowest BCUT2D eigenvalue weighted by atomic mass is 10.3. The molecule has 0 radical (unpaired) electrons. The molecule has 0 saturated carbocycles. The number of carbonyl (C=O) groups is 1. The van der Waals surface area contributed by atoms with Crippen LogP contribution in [-0.2, 0) is 14.8 Å². The average molecular weight is 379 g/mol. The van der Waals surface area contributed by atoms with E-state index in [0.29, 0.717) is 0 Å². The van der Waals surface area contributed by atoms with E-state index in [1.165, 1.54) is 12.1 Å². The second-order valence-electron chi connectivity index (χ2n) is 4.81. The predicted octanol–water partition coefficient (Wildman–Crippen LogP) is 1.88. The van der Waals surface area contributed by atoms with Crippen LogP contribution in [0.25, 0.3) is 0 Å². The minimum Gasteiger partial charge on any atom is -0.343 e. The van der Waals surface area contributed by atoms with Crippen molar-refractivity contribution in [3.8, 4) is 0 Å². The van der Waals surface area contributed by atoms with Crippen molar-refractivity contribution in [1.29, 1.82) is 0 Å². The van der Waals surface area contributed by atoms with Crippen molar-refractivity contribution in [2.24, 2.45) is 0 Å². The first-order chi connectivity index (χ1) is 9.90. The summed E-state index contributed by atoms with van der Waals surface area (Å²) < 4.78 is 39.8. The van der Waals surface area contributed by atoms with Crippen LogP contribution in [0.3, 0.4) is 0 Å². The Morgan fingerprint density at radius 1 is 1.33 bits per heavy atom. The molecular weight excluding hydrogens is 363 g/mol. The normalized spacial score (nSPS) is 15.4. The van der Waals surface area contributed by atoms with Crippen LogP contribution in [0.5, 0.6) is 0 Å². The molecule has 1 aliphatic rings. The van der Waals surface area contributed by atoms with Gasteiger partial charge in [0.25, 0.3) is 0 Å². The molecule has 1 N–H and O–H groups in total. The maximum absolute atomic E-state index is 13.4. The van der Waals surface area contributed by atoms with Gasteiger partial charge < -0.3 is 4.90 Å². The lowest BCUT2D eigenvalue weighted by Gasteiger charge is -2.15. The molecule has 1 amide bonds. The summed E-state index contributed by atoms with van der Waals surface area (Å²) in [6.07, 6.45) is 2.10. The zero-order chi connectivity index (χ0) is 15.5. The first-order valence-corrected chi connectivity index (χ1v) is 8.90. The van der Waals surface area contributed by atoms with Crippen LogP contribution in [0, 0.1) is 5.82 Å². The van der Waals surface area contributed by atoms with Crippen molar-refractivity contribution in [2.75, 3.05) is 19.6 Å². The SMILES string of the molecule is O=C(CCNS(=O)(=O)c1ccc(Br)c(F)c1)N1CCCC1. The summed E-state index contributed by atoms with van der Waals surface area (Å²) in [7, 11) is -3.80. The van der Waals surface area contributed by atoms with Gasteiger partial charge in [-0.2, -0.15) is 0 Å². The van der Waals surface area contributed by atoms with Crippen molar-refractivity contribution in [1.82, 2.24) is 9.62 Å². The number of amides is 1. The Kier molecular flexibility index (Phi) is 5.34. The van der Waals surface area contributed by atoms with E-state index in [-0.39, 0.29) is 28.2 Å². The van der Waals surface area contributed by atoms with E-state index in [9.17, 15) is 17.6 Å². The fourth-order valence-corrected chi connectivity index (χ4v) is 3.43. The summed E-state index contributed by atoms with van der Waals surface area (Å²) in [5, 5.41) is 0. The quantitative estimate of drug-likeness (QED) is 0.850. The van der Waals surface area contributed by atoms with Crippen LogP contribution >= 0.6 is 15.9 Å². The minimum absolute atomic E-state index is 0.00928. The third kappa shape index (κ3) is 4.24. The van der Waals surface area contributed by atoms with Crippen molar-refractivity contribution >= 4 is 31.9 Å². The van der Waals surface area contributed by atoms with Crippen LogP contribution in [-0.4, -0.2) is 38.9 Å². The third-order valence-electron chi connectivity index (χ3n) is 3.29. The highest BCUT2D eigenvalue weighted by atomic mass is 79.9. The van der Waals surface area contributed by atoms with E-state index in [0.717, 1.165) is 32.0 Å². The number of likely N-dealkylation sites (tertiary alicyclic amines) is 1. The predicted molar refractivity (Wildman–Crippen MR) is 79.7 cm³/mol. The van der Waals surface area contributed by atoms with Crippen molar-refractivity contribution in [3.63, 3.8) is 0 Å². The highest BCUT2D eigenvalue weighted by molar-refractivity contribution is 9.10. The number of sulfonamides is 1. The highest BCUT2D eigenvalue weighted by Crippen LogP contribution is 2.19. The van der Waals surface area contributed by atoms with Crippen LogP contribution in [0.15, 0.2) is 27.6 Å². The number of halogens is 2. The van der Waals surface area contributed by atoms with Crippen molar-refractivity contribution in [2.45, 2.75) is 24.2 Å². The molecule has 2 rings (SSSR count). The molecule has 21 heavy (non-hydrogen) atoms. The molecule has 116 valence electrons. The molecule has 0 spiro atoms. The first kappa shape index (κ1) is 16.4. The molecule has 0 atom stereocenters. The number of benzene rings is 1. The topological polar surface area (TPSA) is 66.5 Å². The summed E-state index contributed by atoms with van der Waals surface area (Å²) in [4.78, 5) is 13.4. The molecule has 1 fully saturated rings. The summed E-state index contributed by atoms with van der Waals surface area (Å²) in [6, 6.07) is 3.58. The van der Waals surface area contributed by atoms with E-state index in [4.69, 9.17) is 0 Å². The molecule has 1 heterocycles. The van der Waals surface area contributed by atoms with E-state index in [1.807, 2.05) is 0 Å². The molecule has 5 nitrogen and oxygen atoms in total. The Bertz CT molecular complexity index is 630. The van der Waals surface area contributed by atoms with Gasteiger partial charge in [0.2, 0.25) is 15.9 Å². The molecule has 8 heteroatoms. The van der Waals surface area contributed by atoms with Gasteiger partial charge in [-0.1, -0.05) is 0 Å². The van der Waals surface area contributed by atoms with Crippen molar-refractivity contribution in [3.05, 3.63) is 28.5 Å². The van der Waals surface area contributed by atoms with Crippen LogP contribution in [0.1, 0.15) is 19.3 Å². The molecule has 0 aliphatic carbocycles. The van der Waals surface area contributed by atoms with Crippen LogP contribution < -0.4 is 4.72 Å². The second-order valence-corrected chi connectivity index (χ2v) is 7.43. The Labute approximate surface area is 131 Å². The Hall–Kier alpha value is -0.990. The van der Waals surface area contributed by atoms with Gasteiger partial charge in [-0.3, -0.25) is 4.79 Å². The molecule has 0 bridgehead atoms. The lowest BCUT2D eigenvalue weighted by Crippen LogP contribution is -2.32. The van der Waals surface area contributed by atoms with E-state index in [1.54, 1.807) is 4.90 Å². The summed E-state index contributed by atoms with van der Waals surface area (Å²) >= 11 is 2.97. The van der Waals surface area contributed by atoms with Gasteiger partial charge in [0.1, 0.15) is 5.82 Å². The van der Waals surface area contributed by atoms with Crippen LogP contribution in [0.2, 0.25) is 0 Å². The van der Waals surface area contributed by atoms with Gasteiger partial charge in [0, 0.05) is 26.1 Å². The number of nitrogens with one attached hydrogen (secondary N) is 1. The Morgan fingerprint density at radius 3 is 2.62 bits per heavy atom. The number of rotatable bonds is 5. The highest BCUT2D eigenvalue weighted by Gasteiger charge is 2.19. The van der Waals surface area contributed by atoms with Gasteiger partial charge in [-0.25, -0.2) is 17.5 Å². The first-order valence-electron chi connectivity index (χ1n) is 6.62. The van der Waals surface area contributed by atoms with Gasteiger partial charge in [0.15, 0.2) is 0 Å². The molecule has 0 aromatic heterocycles. The lowest BCUT2D eigenvalue weighted by molar-refractivity contribution is -0.129. The Balaban J connectivity index is 1.91. The maximum atomic E-state index is 13.4. The number of nitrogens with zero attached hydrogens (tertiary/aromatic N) is 1. The average Bonchev–Trinajstić information content (AvgIpc) is 2.95. The van der Waals surface area contributed by atoms with E-state index in [2.05, 4.69) is 20.7 Å². The number of hydrogen-bond acceptors (Lipinski definition) is 3. The van der Waals surface area contributed by atoms with Crippen molar-refractivity contribution < 1.29 is 17.6 Å². The molecular formula is C13H16BrFN2O3S. The maximum Gasteiger partial charge on any atom is 0.240 e. The summed E-state index contributed by atoms with van der Waals surface area (Å²) in [6.45, 7) is 1.49. The second kappa shape index (κ2) is 6.85. The molecule has 0 unspecified atom stereocenters. The van der Waals surface area contributed by atoms with E-state index < -0.39 is 15.8 Å². The van der Waals surface area contributed by atoms with Gasteiger partial charge in [-0.05, 0) is 47.0 Å². The largest absolute Gasteiger partial charge is 0.343 e. The third-order valence-corrected chi connectivity index (χ3v) is 5.39. The molecule has 1 aliphatic heterocycles. The Morgan fingerprint density at radius 2 is 2.00 bits per heavy atom. The number of hydrogen-bond donors (Lipinski definition) is 1. The van der Waals surface area contributed by atoms with E-state index >= 15 is 0 Å². The van der Waals surface area contributed by atoms with Gasteiger partial charge >= 0.3 is 0 Å². The standard InChI is InChI=1S/C13H16BrFN2O3S/c14-11-4-3-10(9-12(11)15)21(19,20)16-6-5-13(18)17-7-1-2-8-17/h3-4,9,16H,1-2,5-8H2. The summed E-state index contributed by atoms with van der Waals surface area (Å²) in [5.74, 6) is -0.705. The molecule has 1 aromatic rings.